The smallest absolute Gasteiger partial charge is 0.320 e. The van der Waals surface area contributed by atoms with Crippen molar-refractivity contribution in [2.45, 2.75) is 91.9 Å². The van der Waals surface area contributed by atoms with E-state index in [0.29, 0.717) is 24.7 Å². The Morgan fingerprint density at radius 3 is 0.939 bits per heavy atom. The molecule has 0 saturated carbocycles. The molecule has 12 N–H and O–H groups in total. The van der Waals surface area contributed by atoms with Crippen molar-refractivity contribution in [3.63, 3.8) is 0 Å². The molecule has 0 aromatic carbocycles. The zero-order valence-electron chi connectivity index (χ0n) is 20.9. The van der Waals surface area contributed by atoms with Crippen LogP contribution in [0.15, 0.2) is 0 Å². The average Bonchev–Trinajstić information content (AvgIpc) is 2.66. The van der Waals surface area contributed by atoms with Crippen LogP contribution in [0.2, 0.25) is 0 Å². The summed E-state index contributed by atoms with van der Waals surface area (Å²) in [5.74, 6) is -2.92. The third-order valence-electron chi connectivity index (χ3n) is 4.02. The number of nitrogens with two attached hydrogens (primary N) is 4. The molecular formula is C21H46N4O8. The minimum Gasteiger partial charge on any atom is -0.480 e. The normalized spacial score (nSPS) is 14.6. The van der Waals surface area contributed by atoms with Gasteiger partial charge in [-0.25, -0.2) is 0 Å². The Morgan fingerprint density at radius 1 is 0.606 bits per heavy atom. The standard InChI is InChI=1S/3C6H13NO2.C3H7NO2/c2*1-4(2)3-5(7)6(8)9;1-3-4(2)5(7)6(8)9;1-2(4)3(5)6/h3*4-5H,3,7H2,1-2H3,(H,8,9);2H,4H2,1H3,(H,5,6). The maximum Gasteiger partial charge on any atom is 0.320 e. The fourth-order valence-electron chi connectivity index (χ4n) is 1.71. The molecule has 0 aromatic rings. The lowest BCUT2D eigenvalue weighted by molar-refractivity contribution is -0.140. The van der Waals surface area contributed by atoms with Crippen LogP contribution in [0, 0.1) is 17.8 Å². The first-order valence-corrected chi connectivity index (χ1v) is 10.7. The number of rotatable bonds is 10. The average molecular weight is 483 g/mol. The van der Waals surface area contributed by atoms with E-state index < -0.39 is 48.0 Å². The van der Waals surface area contributed by atoms with Crippen molar-refractivity contribution >= 4 is 23.9 Å². The van der Waals surface area contributed by atoms with E-state index in [1.165, 1.54) is 6.92 Å². The van der Waals surface area contributed by atoms with Crippen LogP contribution in [-0.2, 0) is 19.2 Å². The molecule has 0 aromatic heterocycles. The summed E-state index contributed by atoms with van der Waals surface area (Å²) in [6, 6.07) is -2.81. The Morgan fingerprint density at radius 2 is 0.879 bits per heavy atom. The number of hydrogen-bond donors (Lipinski definition) is 8. The summed E-state index contributed by atoms with van der Waals surface area (Å²) in [6.45, 7) is 13.0. The highest BCUT2D eigenvalue weighted by molar-refractivity contribution is 5.74. The first-order chi connectivity index (χ1) is 14.8. The molecule has 0 aliphatic carbocycles. The molecular weight excluding hydrogens is 436 g/mol. The van der Waals surface area contributed by atoms with E-state index in [4.69, 9.17) is 43.4 Å². The van der Waals surface area contributed by atoms with Gasteiger partial charge in [0.05, 0.1) is 0 Å². The second kappa shape index (κ2) is 21.6. The van der Waals surface area contributed by atoms with E-state index in [9.17, 15) is 19.2 Å². The van der Waals surface area contributed by atoms with E-state index in [2.05, 4.69) is 0 Å². The second-order valence-electron chi connectivity index (χ2n) is 8.53. The Bertz CT molecular complexity index is 530. The Hall–Kier alpha value is -2.28. The topological polar surface area (TPSA) is 253 Å². The zero-order valence-corrected chi connectivity index (χ0v) is 20.9. The van der Waals surface area contributed by atoms with Gasteiger partial charge in [-0.05, 0) is 37.5 Å². The molecule has 0 radical (unpaired) electrons. The van der Waals surface area contributed by atoms with Gasteiger partial charge in [-0.1, -0.05) is 48.0 Å². The van der Waals surface area contributed by atoms with Gasteiger partial charge in [0, 0.05) is 0 Å². The van der Waals surface area contributed by atoms with Crippen molar-refractivity contribution in [3.8, 4) is 0 Å². The Kier molecular flexibility index (Phi) is 24.8. The molecule has 5 atom stereocenters. The lowest BCUT2D eigenvalue weighted by Crippen LogP contribution is -2.36. The number of carboxylic acids is 4. The van der Waals surface area contributed by atoms with Gasteiger partial charge in [-0.3, -0.25) is 19.2 Å². The molecule has 33 heavy (non-hydrogen) atoms. The van der Waals surface area contributed by atoms with Crippen LogP contribution in [0.5, 0.6) is 0 Å². The zero-order chi connectivity index (χ0) is 27.5. The maximum absolute atomic E-state index is 10.2. The van der Waals surface area contributed by atoms with Gasteiger partial charge in [0.15, 0.2) is 0 Å². The van der Waals surface area contributed by atoms with E-state index in [1.807, 2.05) is 41.5 Å². The van der Waals surface area contributed by atoms with Crippen LogP contribution in [0.3, 0.4) is 0 Å². The molecule has 0 aliphatic heterocycles. The largest absolute Gasteiger partial charge is 0.480 e. The van der Waals surface area contributed by atoms with Gasteiger partial charge in [0.1, 0.15) is 24.2 Å². The third-order valence-corrected chi connectivity index (χ3v) is 4.02. The predicted molar refractivity (Wildman–Crippen MR) is 126 cm³/mol. The molecule has 0 spiro atoms. The van der Waals surface area contributed by atoms with Crippen molar-refractivity contribution in [2.24, 2.45) is 40.7 Å². The maximum atomic E-state index is 10.2. The van der Waals surface area contributed by atoms with Gasteiger partial charge in [0.25, 0.3) is 0 Å². The third kappa shape index (κ3) is 29.7. The molecule has 0 fully saturated rings. The van der Waals surface area contributed by atoms with Crippen molar-refractivity contribution in [1.82, 2.24) is 0 Å². The summed E-state index contributed by atoms with van der Waals surface area (Å²) in [5.41, 5.74) is 20.5. The van der Waals surface area contributed by atoms with Crippen LogP contribution < -0.4 is 22.9 Å². The van der Waals surface area contributed by atoms with Crippen molar-refractivity contribution in [2.75, 3.05) is 0 Å². The second-order valence-corrected chi connectivity index (χ2v) is 8.53. The number of carbonyl (C=O) groups is 4. The molecule has 0 aliphatic rings. The molecule has 0 saturated heterocycles. The lowest BCUT2D eigenvalue weighted by atomic mass is 10.0. The summed E-state index contributed by atoms with van der Waals surface area (Å²) >= 11 is 0. The van der Waals surface area contributed by atoms with Crippen LogP contribution >= 0.6 is 0 Å². The first-order valence-electron chi connectivity index (χ1n) is 10.7. The summed E-state index contributed by atoms with van der Waals surface area (Å²) in [5, 5.41) is 32.8. The molecule has 0 rings (SSSR count). The van der Waals surface area contributed by atoms with Crippen LogP contribution in [0.4, 0.5) is 0 Å². The summed E-state index contributed by atoms with van der Waals surface area (Å²) in [4.78, 5) is 40.0. The van der Waals surface area contributed by atoms with E-state index in [1.54, 1.807) is 0 Å². The van der Waals surface area contributed by atoms with Gasteiger partial charge >= 0.3 is 23.9 Å². The van der Waals surface area contributed by atoms with Crippen LogP contribution in [-0.4, -0.2) is 68.5 Å². The van der Waals surface area contributed by atoms with Gasteiger partial charge < -0.3 is 43.4 Å². The molecule has 0 bridgehead atoms. The molecule has 5 unspecified atom stereocenters. The molecule has 198 valence electrons. The predicted octanol–water partition coefficient (Wildman–Crippen LogP) is 0.751. The minimum atomic E-state index is -0.963. The highest BCUT2D eigenvalue weighted by Gasteiger charge is 2.17. The van der Waals surface area contributed by atoms with Crippen molar-refractivity contribution in [3.05, 3.63) is 0 Å². The monoisotopic (exact) mass is 482 g/mol. The number of aliphatic carboxylic acids is 4. The van der Waals surface area contributed by atoms with Gasteiger partial charge in [0.2, 0.25) is 0 Å². The minimum absolute atomic E-state index is 0.0718. The fourth-order valence-corrected chi connectivity index (χ4v) is 1.71. The van der Waals surface area contributed by atoms with E-state index in [-0.39, 0.29) is 5.92 Å². The van der Waals surface area contributed by atoms with E-state index in [0.717, 1.165) is 6.42 Å². The SMILES string of the molecule is CC(C)CC(N)C(=O)O.CC(C)CC(N)C(=O)O.CC(N)C(=O)O.CCC(C)C(N)C(=O)O. The lowest BCUT2D eigenvalue weighted by Gasteiger charge is -2.11. The summed E-state index contributed by atoms with van der Waals surface area (Å²) in [6.07, 6.45) is 1.91. The molecule has 0 heterocycles. The number of hydrogen-bond acceptors (Lipinski definition) is 8. The molecule has 12 nitrogen and oxygen atoms in total. The highest BCUT2D eigenvalue weighted by atomic mass is 16.4. The van der Waals surface area contributed by atoms with Gasteiger partial charge in [-0.2, -0.15) is 0 Å². The summed E-state index contributed by atoms with van der Waals surface area (Å²) < 4.78 is 0. The fraction of sp³-hybridized carbons (Fsp3) is 0.810. The highest BCUT2D eigenvalue weighted by Crippen LogP contribution is 2.04. The summed E-state index contributed by atoms with van der Waals surface area (Å²) in [7, 11) is 0. The molecule has 12 heteroatoms. The van der Waals surface area contributed by atoms with Crippen LogP contribution in [0.25, 0.3) is 0 Å². The quantitative estimate of drug-likeness (QED) is 0.214. The van der Waals surface area contributed by atoms with Crippen LogP contribution in [0.1, 0.15) is 67.7 Å². The Labute approximate surface area is 196 Å². The first kappa shape index (κ1) is 38.0. The van der Waals surface area contributed by atoms with Crippen molar-refractivity contribution < 1.29 is 39.6 Å². The van der Waals surface area contributed by atoms with Crippen molar-refractivity contribution in [1.29, 1.82) is 0 Å². The van der Waals surface area contributed by atoms with Gasteiger partial charge in [-0.15, -0.1) is 0 Å². The Balaban J connectivity index is -0.000000172. The van der Waals surface area contributed by atoms with E-state index >= 15 is 0 Å². The number of carboxylic acid groups (broad SMARTS) is 4. The molecule has 0 amide bonds.